The minimum atomic E-state index is -0.297. The van der Waals surface area contributed by atoms with Gasteiger partial charge in [-0.1, -0.05) is 17.7 Å². The molecule has 0 saturated carbocycles. The predicted molar refractivity (Wildman–Crippen MR) is 136 cm³/mol. The maximum absolute atomic E-state index is 12.5. The first-order chi connectivity index (χ1) is 16.4. The Morgan fingerprint density at radius 3 is 2.44 bits per heavy atom. The second kappa shape index (κ2) is 10.6. The number of anilines is 2. The van der Waals surface area contributed by atoms with E-state index in [1.54, 1.807) is 42.5 Å². The van der Waals surface area contributed by atoms with Crippen molar-refractivity contribution >= 4 is 29.0 Å². The molecule has 2 N–H and O–H groups in total. The van der Waals surface area contributed by atoms with Crippen molar-refractivity contribution in [3.63, 3.8) is 0 Å². The van der Waals surface area contributed by atoms with Gasteiger partial charge in [0.1, 0.15) is 17.6 Å². The first-order valence-corrected chi connectivity index (χ1v) is 11.6. The molecular weight excluding hydrogens is 448 g/mol. The number of amides is 2. The van der Waals surface area contributed by atoms with Crippen molar-refractivity contribution < 1.29 is 9.53 Å². The van der Waals surface area contributed by atoms with Gasteiger partial charge in [0.05, 0.1) is 10.6 Å². The lowest BCUT2D eigenvalue weighted by Crippen LogP contribution is -2.26. The molecule has 7 heteroatoms. The average Bonchev–Trinajstić information content (AvgIpc) is 2.80. The van der Waals surface area contributed by atoms with Gasteiger partial charge >= 0.3 is 6.03 Å². The minimum Gasteiger partial charge on any atom is -0.457 e. The van der Waals surface area contributed by atoms with Crippen molar-refractivity contribution in [3.05, 3.63) is 82.4 Å². The monoisotopic (exact) mass is 474 g/mol. The van der Waals surface area contributed by atoms with Crippen LogP contribution < -0.4 is 15.4 Å². The van der Waals surface area contributed by atoms with Crippen LogP contribution in [0.25, 0.3) is 0 Å². The molecule has 174 valence electrons. The molecule has 2 amide bonds. The Morgan fingerprint density at radius 2 is 1.74 bits per heavy atom. The molecule has 1 atom stereocenters. The number of fused-ring (bicyclic) bond motifs is 1. The maximum atomic E-state index is 12.5. The first kappa shape index (κ1) is 23.6. The molecule has 1 aliphatic carbocycles. The standard InChI is InChI=1S/C27H27ClN4O2/c1-32(2)17-18-3-4-20-14-23(7-5-19(20)13-18)31-27(33)30-22-8-11-24(12-9-22)34-25-10-6-21(16-29)26(28)15-25/h5-12,14-15,18H,3-4,13,17H2,1-2H3,(H2,30,31,33). The van der Waals surface area contributed by atoms with Crippen LogP contribution in [0.15, 0.2) is 60.7 Å². The van der Waals surface area contributed by atoms with E-state index >= 15 is 0 Å². The summed E-state index contributed by atoms with van der Waals surface area (Å²) in [7, 11) is 4.24. The predicted octanol–water partition coefficient (Wildman–Crippen LogP) is 6.31. The quantitative estimate of drug-likeness (QED) is 0.438. The molecule has 1 aliphatic rings. The molecular formula is C27H27ClN4O2. The lowest BCUT2D eigenvalue weighted by molar-refractivity contribution is 0.262. The zero-order valence-electron chi connectivity index (χ0n) is 19.3. The second-order valence-corrected chi connectivity index (χ2v) is 9.22. The van der Waals surface area contributed by atoms with E-state index in [2.05, 4.69) is 41.8 Å². The maximum Gasteiger partial charge on any atom is 0.323 e. The summed E-state index contributed by atoms with van der Waals surface area (Å²) < 4.78 is 5.77. The molecule has 0 aliphatic heterocycles. The smallest absolute Gasteiger partial charge is 0.323 e. The third kappa shape index (κ3) is 6.07. The molecule has 0 radical (unpaired) electrons. The summed E-state index contributed by atoms with van der Waals surface area (Å²) in [6.45, 7) is 1.10. The van der Waals surface area contributed by atoms with Crippen LogP contribution in [-0.2, 0) is 12.8 Å². The Bertz CT molecular complexity index is 1220. The molecule has 0 heterocycles. The van der Waals surface area contributed by atoms with Crippen LogP contribution >= 0.6 is 11.6 Å². The molecule has 0 spiro atoms. The van der Waals surface area contributed by atoms with Crippen molar-refractivity contribution in [2.75, 3.05) is 31.3 Å². The first-order valence-electron chi connectivity index (χ1n) is 11.2. The summed E-state index contributed by atoms with van der Waals surface area (Å²) >= 11 is 6.05. The highest BCUT2D eigenvalue weighted by molar-refractivity contribution is 6.31. The number of carbonyl (C=O) groups excluding carboxylic acids is 1. The highest BCUT2D eigenvalue weighted by atomic mass is 35.5. The lowest BCUT2D eigenvalue weighted by Gasteiger charge is -2.27. The molecule has 34 heavy (non-hydrogen) atoms. The van der Waals surface area contributed by atoms with Crippen molar-refractivity contribution in [1.29, 1.82) is 5.26 Å². The lowest BCUT2D eigenvalue weighted by atomic mass is 9.83. The largest absolute Gasteiger partial charge is 0.457 e. The van der Waals surface area contributed by atoms with Crippen LogP contribution in [0.1, 0.15) is 23.1 Å². The molecule has 1 unspecified atom stereocenters. The zero-order valence-corrected chi connectivity index (χ0v) is 20.0. The topological polar surface area (TPSA) is 77.4 Å². The van der Waals surface area contributed by atoms with Crippen LogP contribution in [0.4, 0.5) is 16.2 Å². The summed E-state index contributed by atoms with van der Waals surface area (Å²) in [5, 5.41) is 15.1. The number of halogens is 1. The van der Waals surface area contributed by atoms with Gasteiger partial charge in [-0.3, -0.25) is 0 Å². The van der Waals surface area contributed by atoms with Gasteiger partial charge in [0.15, 0.2) is 0 Å². The van der Waals surface area contributed by atoms with E-state index in [0.29, 0.717) is 33.7 Å². The number of ether oxygens (including phenoxy) is 1. The number of rotatable bonds is 6. The number of nitriles is 1. The Kier molecular flexibility index (Phi) is 7.36. The summed E-state index contributed by atoms with van der Waals surface area (Å²) in [5.74, 6) is 1.81. The molecule has 0 fully saturated rings. The van der Waals surface area contributed by atoms with Crippen LogP contribution in [0, 0.1) is 17.2 Å². The summed E-state index contributed by atoms with van der Waals surface area (Å²) in [4.78, 5) is 14.7. The van der Waals surface area contributed by atoms with Gasteiger partial charge in [0.2, 0.25) is 0 Å². The normalized spacial score (nSPS) is 14.7. The van der Waals surface area contributed by atoms with Gasteiger partial charge in [-0.05, 0) is 98.9 Å². The number of carbonyl (C=O) groups is 1. The third-order valence-corrected chi connectivity index (χ3v) is 6.14. The fraction of sp³-hybridized carbons (Fsp3) is 0.259. The fourth-order valence-electron chi connectivity index (χ4n) is 4.27. The van der Waals surface area contributed by atoms with Crippen LogP contribution in [0.2, 0.25) is 5.02 Å². The average molecular weight is 475 g/mol. The molecule has 3 aromatic carbocycles. The fourth-order valence-corrected chi connectivity index (χ4v) is 4.48. The van der Waals surface area contributed by atoms with Crippen molar-refractivity contribution in [2.24, 2.45) is 5.92 Å². The van der Waals surface area contributed by atoms with Gasteiger partial charge in [-0.25, -0.2) is 4.79 Å². The van der Waals surface area contributed by atoms with E-state index in [1.807, 2.05) is 12.1 Å². The van der Waals surface area contributed by atoms with Crippen molar-refractivity contribution in [1.82, 2.24) is 4.90 Å². The third-order valence-electron chi connectivity index (χ3n) is 5.83. The molecule has 6 nitrogen and oxygen atoms in total. The number of benzene rings is 3. The molecule has 0 saturated heterocycles. The number of urea groups is 1. The highest BCUT2D eigenvalue weighted by Crippen LogP contribution is 2.29. The van der Waals surface area contributed by atoms with Crippen LogP contribution in [0.5, 0.6) is 11.5 Å². The van der Waals surface area contributed by atoms with E-state index in [0.717, 1.165) is 25.1 Å². The molecule has 0 bridgehead atoms. The van der Waals surface area contributed by atoms with E-state index in [4.69, 9.17) is 21.6 Å². The highest BCUT2D eigenvalue weighted by Gasteiger charge is 2.19. The number of aryl methyl sites for hydroxylation is 1. The van der Waals surface area contributed by atoms with Gasteiger partial charge in [-0.2, -0.15) is 5.26 Å². The Labute approximate surface area is 205 Å². The van der Waals surface area contributed by atoms with Gasteiger partial charge in [0.25, 0.3) is 0 Å². The SMILES string of the molecule is CN(C)CC1CCc2cc(NC(=O)Nc3ccc(Oc4ccc(C#N)c(Cl)c4)cc3)ccc2C1. The number of hydrogen-bond acceptors (Lipinski definition) is 4. The van der Waals surface area contributed by atoms with Gasteiger partial charge in [-0.15, -0.1) is 0 Å². The van der Waals surface area contributed by atoms with Crippen molar-refractivity contribution in [2.45, 2.75) is 19.3 Å². The van der Waals surface area contributed by atoms with Crippen LogP contribution in [0.3, 0.4) is 0 Å². The summed E-state index contributed by atoms with van der Waals surface area (Å²) in [6, 6.07) is 19.8. The summed E-state index contributed by atoms with van der Waals surface area (Å²) in [5.41, 5.74) is 4.53. The minimum absolute atomic E-state index is 0.297. The second-order valence-electron chi connectivity index (χ2n) is 8.81. The van der Waals surface area contributed by atoms with E-state index in [-0.39, 0.29) is 6.03 Å². The van der Waals surface area contributed by atoms with E-state index in [1.165, 1.54) is 17.5 Å². The number of nitrogens with one attached hydrogen (secondary N) is 2. The van der Waals surface area contributed by atoms with Crippen LogP contribution in [-0.4, -0.2) is 31.6 Å². The Hall–Kier alpha value is -3.53. The molecule has 4 rings (SSSR count). The Morgan fingerprint density at radius 1 is 1.03 bits per heavy atom. The zero-order chi connectivity index (χ0) is 24.1. The number of nitrogens with zero attached hydrogens (tertiary/aromatic N) is 2. The number of hydrogen-bond donors (Lipinski definition) is 2. The summed E-state index contributed by atoms with van der Waals surface area (Å²) in [6.07, 6.45) is 3.30. The molecule has 0 aromatic heterocycles. The van der Waals surface area contributed by atoms with Gasteiger partial charge < -0.3 is 20.3 Å². The Balaban J connectivity index is 1.32. The molecule has 3 aromatic rings. The van der Waals surface area contributed by atoms with E-state index in [9.17, 15) is 4.79 Å². The van der Waals surface area contributed by atoms with Crippen molar-refractivity contribution in [3.8, 4) is 17.6 Å². The van der Waals surface area contributed by atoms with E-state index < -0.39 is 0 Å². The van der Waals surface area contributed by atoms with Gasteiger partial charge in [0, 0.05) is 24.0 Å².